The highest BCUT2D eigenvalue weighted by atomic mass is 16.5. The number of carbonyl (C=O) groups is 4. The normalized spacial score (nSPS) is 12.9. The number of nitrogens with one attached hydrogen (secondary N) is 2. The van der Waals surface area contributed by atoms with Crippen LogP contribution in [0.5, 0.6) is 0 Å². The summed E-state index contributed by atoms with van der Waals surface area (Å²) >= 11 is 0. The predicted molar refractivity (Wildman–Crippen MR) is 241 cm³/mol. The van der Waals surface area contributed by atoms with E-state index in [4.69, 9.17) is 14.9 Å². The van der Waals surface area contributed by atoms with E-state index in [0.29, 0.717) is 19.3 Å². The fourth-order valence-electron chi connectivity index (χ4n) is 6.70. The lowest BCUT2D eigenvalue weighted by molar-refractivity contribution is -0.147. The van der Waals surface area contributed by atoms with Crippen LogP contribution in [0, 0.1) is 0 Å². The maximum Gasteiger partial charge on any atom is 0.328 e. The summed E-state index contributed by atoms with van der Waals surface area (Å²) in [5.74, 6) is -2.36. The minimum absolute atomic E-state index is 0.104. The van der Waals surface area contributed by atoms with E-state index in [9.17, 15) is 19.2 Å². The number of esters is 1. The van der Waals surface area contributed by atoms with E-state index in [1.807, 2.05) is 6.08 Å². The SMILES string of the molecule is CC/C=C\C/C=C\C/C=C\C(CCCCCCCCC(=O)NCC(=O)NC(CO)C(=O)O)OC(=O)CCCCCCCCCCC/C=C\CCCCCCCCCC. The van der Waals surface area contributed by atoms with Crippen LogP contribution in [-0.2, 0) is 23.9 Å². The predicted octanol–water partition coefficient (Wildman–Crippen LogP) is 11.9. The van der Waals surface area contributed by atoms with Crippen LogP contribution in [0.2, 0.25) is 0 Å². The van der Waals surface area contributed by atoms with Gasteiger partial charge in [-0.25, -0.2) is 4.79 Å². The number of allylic oxidation sites excluding steroid dienone is 7. The van der Waals surface area contributed by atoms with Crippen LogP contribution in [0.3, 0.4) is 0 Å². The zero-order chi connectivity index (χ0) is 42.6. The second-order valence-electron chi connectivity index (χ2n) is 15.8. The molecule has 9 nitrogen and oxygen atoms in total. The van der Waals surface area contributed by atoms with Crippen LogP contribution >= 0.6 is 0 Å². The van der Waals surface area contributed by atoms with Gasteiger partial charge in [-0.3, -0.25) is 14.4 Å². The number of carbonyl (C=O) groups excluding carboxylic acids is 3. The topological polar surface area (TPSA) is 142 Å². The molecule has 0 aromatic rings. The molecule has 2 atom stereocenters. The largest absolute Gasteiger partial charge is 0.480 e. The second kappa shape index (κ2) is 43.4. The summed E-state index contributed by atoms with van der Waals surface area (Å²) in [6, 6.07) is -1.38. The highest BCUT2D eigenvalue weighted by Crippen LogP contribution is 2.16. The van der Waals surface area contributed by atoms with Gasteiger partial charge >= 0.3 is 11.9 Å². The van der Waals surface area contributed by atoms with Crippen molar-refractivity contribution in [3.63, 3.8) is 0 Å². The van der Waals surface area contributed by atoms with Gasteiger partial charge in [0.1, 0.15) is 12.1 Å². The zero-order valence-corrected chi connectivity index (χ0v) is 37.0. The van der Waals surface area contributed by atoms with Gasteiger partial charge in [-0.05, 0) is 76.7 Å². The maximum atomic E-state index is 12.8. The molecule has 0 fully saturated rings. The molecule has 0 aliphatic carbocycles. The van der Waals surface area contributed by atoms with Crippen LogP contribution in [0.4, 0.5) is 0 Å². The van der Waals surface area contributed by atoms with Gasteiger partial charge < -0.3 is 25.6 Å². The standard InChI is InChI=1S/C49H86N2O7/c1-3-5-7-9-11-13-14-15-16-17-18-19-20-21-22-23-24-25-27-33-37-41-48(55)58-44(38-34-30-26-12-10-8-6-4-2)39-35-31-28-29-32-36-40-46(53)50-42-47(54)51-45(43-52)49(56)57/h6,8,12,17-18,26,34,38,44-45,52H,3-5,7,9-11,13-16,19-25,27-33,35-37,39-43H2,1-2H3,(H,50,53)(H,51,54)(H,56,57)/b8-6-,18-17-,26-12-,38-34-. The molecule has 0 bridgehead atoms. The molecule has 0 radical (unpaired) electrons. The minimum atomic E-state index is -1.38. The van der Waals surface area contributed by atoms with E-state index in [2.05, 4.69) is 67.0 Å². The number of carboxylic acid groups (broad SMARTS) is 1. The Bertz CT molecular complexity index is 1120. The van der Waals surface area contributed by atoms with Gasteiger partial charge in [-0.15, -0.1) is 0 Å². The van der Waals surface area contributed by atoms with Crippen molar-refractivity contribution in [2.75, 3.05) is 13.2 Å². The Morgan fingerprint density at radius 2 is 1.03 bits per heavy atom. The highest BCUT2D eigenvalue weighted by Gasteiger charge is 2.18. The number of carboxylic acids is 1. The molecule has 4 N–H and O–H groups in total. The second-order valence-corrected chi connectivity index (χ2v) is 15.8. The first kappa shape index (κ1) is 54.8. The number of unbranched alkanes of at least 4 members (excludes halogenated alkanes) is 22. The summed E-state index contributed by atoms with van der Waals surface area (Å²) in [4.78, 5) is 47.5. The van der Waals surface area contributed by atoms with Gasteiger partial charge in [-0.2, -0.15) is 0 Å². The number of aliphatic hydroxyl groups is 1. The molecule has 58 heavy (non-hydrogen) atoms. The molecule has 0 heterocycles. The van der Waals surface area contributed by atoms with Crippen molar-refractivity contribution in [1.82, 2.24) is 10.6 Å². The third-order valence-electron chi connectivity index (χ3n) is 10.3. The van der Waals surface area contributed by atoms with Crippen LogP contribution in [0.1, 0.15) is 213 Å². The Labute approximate surface area is 354 Å². The van der Waals surface area contributed by atoms with Crippen molar-refractivity contribution in [3.8, 4) is 0 Å². The Kier molecular flexibility index (Phi) is 41.0. The summed E-state index contributed by atoms with van der Waals surface area (Å²) in [6.45, 7) is 3.36. The first-order valence-electron chi connectivity index (χ1n) is 23.5. The molecule has 0 spiro atoms. The van der Waals surface area contributed by atoms with Crippen molar-refractivity contribution in [2.45, 2.75) is 225 Å². The number of amides is 2. The number of aliphatic carboxylic acids is 1. The van der Waals surface area contributed by atoms with Crippen LogP contribution in [0.25, 0.3) is 0 Å². The van der Waals surface area contributed by atoms with E-state index < -0.39 is 24.5 Å². The van der Waals surface area contributed by atoms with Gasteiger partial charge in [0.05, 0.1) is 13.2 Å². The summed E-state index contributed by atoms with van der Waals surface area (Å²) < 4.78 is 5.92. The van der Waals surface area contributed by atoms with E-state index in [-0.39, 0.29) is 24.5 Å². The van der Waals surface area contributed by atoms with Crippen LogP contribution in [0.15, 0.2) is 48.6 Å². The molecule has 0 aromatic carbocycles. The van der Waals surface area contributed by atoms with E-state index >= 15 is 0 Å². The molecule has 0 aliphatic rings. The fourth-order valence-corrected chi connectivity index (χ4v) is 6.70. The minimum Gasteiger partial charge on any atom is -0.480 e. The molecule has 0 aromatic heterocycles. The smallest absolute Gasteiger partial charge is 0.328 e. The molecule has 2 amide bonds. The Morgan fingerprint density at radius 1 is 0.552 bits per heavy atom. The van der Waals surface area contributed by atoms with Gasteiger partial charge in [0.25, 0.3) is 0 Å². The first-order valence-corrected chi connectivity index (χ1v) is 23.5. The fraction of sp³-hybridized carbons (Fsp3) is 0.755. The summed E-state index contributed by atoms with van der Waals surface area (Å²) in [7, 11) is 0. The lowest BCUT2D eigenvalue weighted by Gasteiger charge is -2.15. The number of rotatable bonds is 42. The average Bonchev–Trinajstić information content (AvgIpc) is 3.21. The first-order chi connectivity index (χ1) is 28.3. The molecule has 9 heteroatoms. The third kappa shape index (κ3) is 39.6. The lowest BCUT2D eigenvalue weighted by atomic mass is 10.0. The number of aliphatic hydroxyl groups excluding tert-OH is 1. The van der Waals surface area contributed by atoms with Crippen molar-refractivity contribution >= 4 is 23.8 Å². The number of ether oxygens (including phenoxy) is 1. The van der Waals surface area contributed by atoms with Crippen molar-refractivity contribution in [1.29, 1.82) is 0 Å². The number of hydrogen-bond acceptors (Lipinski definition) is 6. The molecule has 334 valence electrons. The van der Waals surface area contributed by atoms with Crippen molar-refractivity contribution < 1.29 is 34.1 Å². The number of hydrogen-bond donors (Lipinski definition) is 4. The summed E-state index contributed by atoms with van der Waals surface area (Å²) in [6.07, 6.45) is 51.8. The average molecular weight is 815 g/mol. The van der Waals surface area contributed by atoms with Gasteiger partial charge in [0.15, 0.2) is 0 Å². The molecular formula is C49H86N2O7. The lowest BCUT2D eigenvalue weighted by Crippen LogP contribution is -2.47. The highest BCUT2D eigenvalue weighted by molar-refractivity contribution is 5.87. The van der Waals surface area contributed by atoms with Crippen molar-refractivity contribution in [3.05, 3.63) is 48.6 Å². The Balaban J connectivity index is 4.15. The van der Waals surface area contributed by atoms with Crippen LogP contribution < -0.4 is 10.6 Å². The van der Waals surface area contributed by atoms with Crippen LogP contribution in [-0.4, -0.2) is 59.3 Å². The molecule has 2 unspecified atom stereocenters. The monoisotopic (exact) mass is 815 g/mol. The molecule has 0 saturated heterocycles. The third-order valence-corrected chi connectivity index (χ3v) is 10.3. The van der Waals surface area contributed by atoms with Gasteiger partial charge in [-0.1, -0.05) is 172 Å². The molecular weight excluding hydrogens is 729 g/mol. The summed E-state index contributed by atoms with van der Waals surface area (Å²) in [5, 5.41) is 22.5. The maximum absolute atomic E-state index is 12.8. The molecule has 0 saturated carbocycles. The Morgan fingerprint density at radius 3 is 1.57 bits per heavy atom. The molecule has 0 aliphatic heterocycles. The van der Waals surface area contributed by atoms with Gasteiger partial charge in [0, 0.05) is 12.8 Å². The molecule has 0 rings (SSSR count). The quantitative estimate of drug-likeness (QED) is 0.0273. The van der Waals surface area contributed by atoms with E-state index in [1.165, 1.54) is 109 Å². The van der Waals surface area contributed by atoms with Crippen molar-refractivity contribution in [2.24, 2.45) is 0 Å². The zero-order valence-electron chi connectivity index (χ0n) is 37.0. The van der Waals surface area contributed by atoms with E-state index in [1.54, 1.807) is 0 Å². The van der Waals surface area contributed by atoms with E-state index in [0.717, 1.165) is 70.6 Å². The summed E-state index contributed by atoms with van der Waals surface area (Å²) in [5.41, 5.74) is 0. The van der Waals surface area contributed by atoms with Gasteiger partial charge in [0.2, 0.25) is 11.8 Å². The Hall–Kier alpha value is -3.20.